The zero-order valence-electron chi connectivity index (χ0n) is 17.8. The van der Waals surface area contributed by atoms with E-state index >= 15 is 0 Å². The van der Waals surface area contributed by atoms with Crippen LogP contribution >= 0.6 is 0 Å². The van der Waals surface area contributed by atoms with Crippen LogP contribution in [0.3, 0.4) is 0 Å². The highest BCUT2D eigenvalue weighted by atomic mass is 16.6. The molecule has 0 aromatic heterocycles. The molecule has 5 rings (SSSR count). The Morgan fingerprint density at radius 2 is 1.58 bits per heavy atom. The number of ether oxygens (including phenoxy) is 2. The highest BCUT2D eigenvalue weighted by Crippen LogP contribution is 2.52. The molecule has 1 N–H and O–H groups in total. The van der Waals surface area contributed by atoms with Gasteiger partial charge >= 0.3 is 0 Å². The molecule has 162 valence electrons. The Morgan fingerprint density at radius 3 is 2.18 bits per heavy atom. The second-order valence-electron chi connectivity index (χ2n) is 7.75. The number of methoxy groups -OCH3 is 1. The van der Waals surface area contributed by atoms with Crippen molar-refractivity contribution in [2.75, 3.05) is 12.0 Å². The van der Waals surface area contributed by atoms with Crippen molar-refractivity contribution in [3.05, 3.63) is 119 Å². The van der Waals surface area contributed by atoms with Crippen LogP contribution in [0.2, 0.25) is 0 Å². The molecule has 0 saturated heterocycles. The van der Waals surface area contributed by atoms with Gasteiger partial charge in [-0.1, -0.05) is 60.7 Å². The lowest BCUT2D eigenvalue weighted by Crippen LogP contribution is -2.30. The molecule has 0 radical (unpaired) electrons. The Kier molecular flexibility index (Phi) is 5.08. The first-order valence-electron chi connectivity index (χ1n) is 10.5. The number of amides is 1. The van der Waals surface area contributed by atoms with E-state index in [9.17, 15) is 15.2 Å². The SMILES string of the molecule is COc1ccc(C2C(C#N)=C(O)OC3=C2C(c2ccccc2)N(c2ccccc2)C3=O)cc1. The normalized spacial score (nSPS) is 19.8. The van der Waals surface area contributed by atoms with Crippen molar-refractivity contribution in [3.8, 4) is 11.8 Å². The maximum Gasteiger partial charge on any atom is 0.297 e. The molecule has 2 aliphatic heterocycles. The number of hydrogen-bond donors (Lipinski definition) is 1. The molecular weight excluding hydrogens is 416 g/mol. The second-order valence-corrected chi connectivity index (χ2v) is 7.75. The smallest absolute Gasteiger partial charge is 0.297 e. The van der Waals surface area contributed by atoms with Gasteiger partial charge in [0.25, 0.3) is 11.9 Å². The number of anilines is 1. The molecule has 33 heavy (non-hydrogen) atoms. The molecule has 0 saturated carbocycles. The van der Waals surface area contributed by atoms with E-state index in [1.54, 1.807) is 24.1 Å². The molecule has 6 heteroatoms. The molecular formula is C27H20N2O4. The van der Waals surface area contributed by atoms with E-state index in [2.05, 4.69) is 6.07 Å². The van der Waals surface area contributed by atoms with Crippen LogP contribution < -0.4 is 9.64 Å². The summed E-state index contributed by atoms with van der Waals surface area (Å²) < 4.78 is 10.9. The minimum Gasteiger partial charge on any atom is -0.497 e. The summed E-state index contributed by atoms with van der Waals surface area (Å²) in [4.78, 5) is 15.3. The number of para-hydroxylation sites is 1. The van der Waals surface area contributed by atoms with Gasteiger partial charge in [0.2, 0.25) is 0 Å². The third-order valence-corrected chi connectivity index (χ3v) is 5.98. The fourth-order valence-corrected chi connectivity index (χ4v) is 4.51. The van der Waals surface area contributed by atoms with Crippen LogP contribution in [0, 0.1) is 11.3 Å². The van der Waals surface area contributed by atoms with Gasteiger partial charge in [0.15, 0.2) is 5.76 Å². The number of carbonyl (C=O) groups is 1. The average Bonchev–Trinajstić information content (AvgIpc) is 3.16. The van der Waals surface area contributed by atoms with Crippen LogP contribution in [0.4, 0.5) is 5.69 Å². The van der Waals surface area contributed by atoms with Gasteiger partial charge in [-0.25, -0.2) is 0 Å². The lowest BCUT2D eigenvalue weighted by molar-refractivity contribution is -0.118. The number of rotatable bonds is 4. The van der Waals surface area contributed by atoms with Gasteiger partial charge in [0.1, 0.15) is 17.4 Å². The molecule has 2 unspecified atom stereocenters. The molecule has 6 nitrogen and oxygen atoms in total. The molecule has 2 heterocycles. The summed E-state index contributed by atoms with van der Waals surface area (Å²) in [5, 5.41) is 20.5. The predicted molar refractivity (Wildman–Crippen MR) is 122 cm³/mol. The van der Waals surface area contributed by atoms with Crippen LogP contribution in [0.5, 0.6) is 5.75 Å². The van der Waals surface area contributed by atoms with Gasteiger partial charge in [-0.2, -0.15) is 5.26 Å². The summed E-state index contributed by atoms with van der Waals surface area (Å²) in [6.07, 6.45) is 0. The fourth-order valence-electron chi connectivity index (χ4n) is 4.51. The van der Waals surface area contributed by atoms with Crippen molar-refractivity contribution in [2.24, 2.45) is 0 Å². The van der Waals surface area contributed by atoms with Crippen molar-refractivity contribution in [2.45, 2.75) is 12.0 Å². The maximum atomic E-state index is 13.6. The van der Waals surface area contributed by atoms with Crippen molar-refractivity contribution in [3.63, 3.8) is 0 Å². The number of nitriles is 1. The molecule has 0 bridgehead atoms. The minimum absolute atomic E-state index is 0.0463. The van der Waals surface area contributed by atoms with Crippen LogP contribution in [-0.2, 0) is 9.53 Å². The van der Waals surface area contributed by atoms with Gasteiger partial charge in [0.05, 0.1) is 19.1 Å². The number of benzene rings is 3. The fraction of sp³-hybridized carbons (Fsp3) is 0.111. The van der Waals surface area contributed by atoms with E-state index in [0.29, 0.717) is 17.0 Å². The molecule has 0 spiro atoms. The van der Waals surface area contributed by atoms with E-state index in [0.717, 1.165) is 11.1 Å². The molecule has 3 aromatic carbocycles. The monoisotopic (exact) mass is 436 g/mol. The number of carbonyl (C=O) groups excluding carboxylic acids is 1. The van der Waals surface area contributed by atoms with Crippen LogP contribution in [-0.4, -0.2) is 18.1 Å². The number of nitrogens with zero attached hydrogens (tertiary/aromatic N) is 2. The lowest BCUT2D eigenvalue weighted by atomic mass is 9.79. The second kappa shape index (κ2) is 8.21. The van der Waals surface area contributed by atoms with Gasteiger partial charge in [-0.05, 0) is 35.4 Å². The summed E-state index contributed by atoms with van der Waals surface area (Å²) in [5.74, 6) is -0.864. The Labute approximate surface area is 191 Å². The largest absolute Gasteiger partial charge is 0.497 e. The van der Waals surface area contributed by atoms with Gasteiger partial charge in [0, 0.05) is 11.3 Å². The van der Waals surface area contributed by atoms with E-state index in [4.69, 9.17) is 9.47 Å². The first-order chi connectivity index (χ1) is 16.1. The number of allylic oxidation sites excluding steroid dienone is 1. The Hall–Kier alpha value is -4.50. The van der Waals surface area contributed by atoms with Crippen molar-refractivity contribution in [1.29, 1.82) is 5.26 Å². The zero-order valence-corrected chi connectivity index (χ0v) is 17.8. The number of hydrogen-bond acceptors (Lipinski definition) is 5. The summed E-state index contributed by atoms with van der Waals surface area (Å²) in [5.41, 5.74) is 3.00. The van der Waals surface area contributed by atoms with Crippen LogP contribution in [0.1, 0.15) is 23.1 Å². The zero-order chi connectivity index (χ0) is 22.9. The third-order valence-electron chi connectivity index (χ3n) is 5.98. The van der Waals surface area contributed by atoms with Crippen LogP contribution in [0.15, 0.2) is 108 Å². The molecule has 2 aliphatic rings. The maximum absolute atomic E-state index is 13.6. The van der Waals surface area contributed by atoms with Gasteiger partial charge in [-0.3, -0.25) is 9.69 Å². The molecule has 3 aromatic rings. The van der Waals surface area contributed by atoms with E-state index in [1.165, 1.54) is 0 Å². The highest BCUT2D eigenvalue weighted by molar-refractivity contribution is 6.09. The number of aliphatic hydroxyl groups is 1. The number of aliphatic hydroxyl groups excluding tert-OH is 1. The Bertz CT molecular complexity index is 1310. The van der Waals surface area contributed by atoms with Crippen molar-refractivity contribution >= 4 is 11.6 Å². The molecule has 2 atom stereocenters. The van der Waals surface area contributed by atoms with E-state index in [-0.39, 0.29) is 17.2 Å². The highest BCUT2D eigenvalue weighted by Gasteiger charge is 2.50. The van der Waals surface area contributed by atoms with E-state index < -0.39 is 17.9 Å². The first-order valence-corrected chi connectivity index (χ1v) is 10.5. The molecule has 0 fully saturated rings. The summed E-state index contributed by atoms with van der Waals surface area (Å²) in [7, 11) is 1.58. The quantitative estimate of drug-likeness (QED) is 0.612. The van der Waals surface area contributed by atoms with E-state index in [1.807, 2.05) is 72.8 Å². The summed E-state index contributed by atoms with van der Waals surface area (Å²) in [6.45, 7) is 0. The first kappa shape index (κ1) is 20.4. The Morgan fingerprint density at radius 1 is 0.939 bits per heavy atom. The average molecular weight is 436 g/mol. The molecule has 1 amide bonds. The predicted octanol–water partition coefficient (Wildman–Crippen LogP) is 5.14. The summed E-state index contributed by atoms with van der Waals surface area (Å²) >= 11 is 0. The topological polar surface area (TPSA) is 82.8 Å². The summed E-state index contributed by atoms with van der Waals surface area (Å²) in [6, 6.07) is 27.8. The van der Waals surface area contributed by atoms with Gasteiger partial charge in [-0.15, -0.1) is 0 Å². The van der Waals surface area contributed by atoms with Crippen molar-refractivity contribution < 1.29 is 19.4 Å². The third kappa shape index (κ3) is 3.31. The standard InChI is InChI=1S/C27H20N2O4/c1-32-20-14-12-17(13-15-20)22-21(16-28)27(31)33-25-23(22)24(18-8-4-2-5-9-18)29(26(25)30)19-10-6-3-7-11-19/h2-15,22,24,31H,1H3. The van der Waals surface area contributed by atoms with Gasteiger partial charge < -0.3 is 14.6 Å². The van der Waals surface area contributed by atoms with Crippen LogP contribution in [0.25, 0.3) is 0 Å². The minimum atomic E-state index is -0.660. The molecule has 0 aliphatic carbocycles. The lowest BCUT2D eigenvalue weighted by Gasteiger charge is -2.31. The Balaban J connectivity index is 1.74. The van der Waals surface area contributed by atoms with Crippen molar-refractivity contribution in [1.82, 2.24) is 0 Å².